The SMILES string of the molecule is CC1(C)Cc2cc(C3(CN)CCCCC3)ccc2O1. The number of nitrogens with two attached hydrogens (primary N) is 1. The van der Waals surface area contributed by atoms with Gasteiger partial charge in [0.2, 0.25) is 0 Å². The maximum absolute atomic E-state index is 6.14. The molecule has 104 valence electrons. The third-order valence-electron chi connectivity index (χ3n) is 4.88. The van der Waals surface area contributed by atoms with E-state index < -0.39 is 0 Å². The molecule has 2 nitrogen and oxygen atoms in total. The summed E-state index contributed by atoms with van der Waals surface area (Å²) < 4.78 is 5.97. The Bertz CT molecular complexity index is 472. The van der Waals surface area contributed by atoms with Crippen LogP contribution in [0, 0.1) is 0 Å². The summed E-state index contributed by atoms with van der Waals surface area (Å²) in [6.45, 7) is 5.09. The molecule has 1 fully saturated rings. The summed E-state index contributed by atoms with van der Waals surface area (Å²) in [4.78, 5) is 0. The van der Waals surface area contributed by atoms with Gasteiger partial charge < -0.3 is 10.5 Å². The van der Waals surface area contributed by atoms with Crippen LogP contribution in [0.4, 0.5) is 0 Å². The fourth-order valence-corrected chi connectivity index (χ4v) is 3.78. The number of fused-ring (bicyclic) bond motifs is 1. The van der Waals surface area contributed by atoms with Crippen molar-refractivity contribution in [1.82, 2.24) is 0 Å². The third kappa shape index (κ3) is 2.27. The average molecular weight is 259 g/mol. The van der Waals surface area contributed by atoms with E-state index in [1.165, 1.54) is 43.2 Å². The Labute approximate surface area is 116 Å². The lowest BCUT2D eigenvalue weighted by Crippen LogP contribution is -2.37. The van der Waals surface area contributed by atoms with Crippen LogP contribution in [-0.2, 0) is 11.8 Å². The van der Waals surface area contributed by atoms with Gasteiger partial charge in [0, 0.05) is 18.4 Å². The van der Waals surface area contributed by atoms with E-state index in [-0.39, 0.29) is 11.0 Å². The van der Waals surface area contributed by atoms with Crippen molar-refractivity contribution in [3.63, 3.8) is 0 Å². The van der Waals surface area contributed by atoms with Crippen molar-refractivity contribution >= 4 is 0 Å². The van der Waals surface area contributed by atoms with Gasteiger partial charge in [-0.1, -0.05) is 31.4 Å². The number of benzene rings is 1. The molecule has 2 heteroatoms. The maximum atomic E-state index is 6.14. The van der Waals surface area contributed by atoms with E-state index in [2.05, 4.69) is 32.0 Å². The van der Waals surface area contributed by atoms with Crippen molar-refractivity contribution in [3.05, 3.63) is 29.3 Å². The van der Waals surface area contributed by atoms with E-state index in [1.54, 1.807) is 0 Å². The van der Waals surface area contributed by atoms with Crippen LogP contribution in [0.2, 0.25) is 0 Å². The quantitative estimate of drug-likeness (QED) is 0.881. The number of hydrogen-bond acceptors (Lipinski definition) is 2. The molecule has 0 aromatic heterocycles. The minimum atomic E-state index is -0.0522. The molecule has 0 bridgehead atoms. The highest BCUT2D eigenvalue weighted by Gasteiger charge is 2.35. The lowest BCUT2D eigenvalue weighted by atomic mass is 9.69. The fraction of sp³-hybridized carbons (Fsp3) is 0.647. The average Bonchev–Trinajstić information content (AvgIpc) is 2.72. The fourth-order valence-electron chi connectivity index (χ4n) is 3.78. The topological polar surface area (TPSA) is 35.2 Å². The Hall–Kier alpha value is -1.02. The molecule has 1 saturated carbocycles. The molecule has 1 heterocycles. The molecule has 2 aliphatic rings. The molecule has 19 heavy (non-hydrogen) atoms. The summed E-state index contributed by atoms with van der Waals surface area (Å²) in [5.41, 5.74) is 9.11. The van der Waals surface area contributed by atoms with E-state index in [1.807, 2.05) is 0 Å². The Morgan fingerprint density at radius 2 is 1.89 bits per heavy atom. The Kier molecular flexibility index (Phi) is 3.09. The lowest BCUT2D eigenvalue weighted by Gasteiger charge is -2.37. The van der Waals surface area contributed by atoms with Crippen LogP contribution >= 0.6 is 0 Å². The highest BCUT2D eigenvalue weighted by molar-refractivity contribution is 5.44. The summed E-state index contributed by atoms with van der Waals surface area (Å²) >= 11 is 0. The molecule has 2 N–H and O–H groups in total. The van der Waals surface area contributed by atoms with Crippen LogP contribution in [0.5, 0.6) is 5.75 Å². The van der Waals surface area contributed by atoms with Crippen molar-refractivity contribution in [2.45, 2.75) is 63.4 Å². The van der Waals surface area contributed by atoms with Gasteiger partial charge in [0.1, 0.15) is 11.4 Å². The molecule has 0 radical (unpaired) electrons. The second kappa shape index (κ2) is 4.52. The van der Waals surface area contributed by atoms with Gasteiger partial charge in [-0.3, -0.25) is 0 Å². The Morgan fingerprint density at radius 1 is 1.16 bits per heavy atom. The first-order chi connectivity index (χ1) is 9.05. The number of rotatable bonds is 2. The van der Waals surface area contributed by atoms with Crippen molar-refractivity contribution in [1.29, 1.82) is 0 Å². The molecular weight excluding hydrogens is 234 g/mol. The van der Waals surface area contributed by atoms with Crippen LogP contribution < -0.4 is 10.5 Å². The first-order valence-corrected chi connectivity index (χ1v) is 7.57. The summed E-state index contributed by atoms with van der Waals surface area (Å²) in [6, 6.07) is 6.77. The zero-order chi connectivity index (χ0) is 13.5. The largest absolute Gasteiger partial charge is 0.487 e. The van der Waals surface area contributed by atoms with Crippen LogP contribution in [0.1, 0.15) is 57.1 Å². The lowest BCUT2D eigenvalue weighted by molar-refractivity contribution is 0.138. The Balaban J connectivity index is 1.94. The van der Waals surface area contributed by atoms with Crippen molar-refractivity contribution in [2.24, 2.45) is 5.73 Å². The zero-order valence-corrected chi connectivity index (χ0v) is 12.2. The molecule has 0 unspecified atom stereocenters. The minimum absolute atomic E-state index is 0.0522. The summed E-state index contributed by atoms with van der Waals surface area (Å²) in [7, 11) is 0. The van der Waals surface area contributed by atoms with Crippen LogP contribution in [0.3, 0.4) is 0 Å². The highest BCUT2D eigenvalue weighted by Crippen LogP contribution is 2.42. The molecule has 0 spiro atoms. The molecule has 1 aromatic rings. The standard InChI is InChI=1S/C17H25NO/c1-16(2)11-13-10-14(6-7-15(13)19-16)17(12-18)8-4-3-5-9-17/h6-7,10H,3-5,8-9,11-12,18H2,1-2H3. The first kappa shape index (κ1) is 13.0. The van der Waals surface area contributed by atoms with Crippen molar-refractivity contribution in [2.75, 3.05) is 6.54 Å². The molecule has 1 aliphatic carbocycles. The minimum Gasteiger partial charge on any atom is -0.487 e. The summed E-state index contributed by atoms with van der Waals surface area (Å²) in [5.74, 6) is 1.07. The number of ether oxygens (including phenoxy) is 1. The van der Waals surface area contributed by atoms with Crippen molar-refractivity contribution < 1.29 is 4.74 Å². The van der Waals surface area contributed by atoms with Gasteiger partial charge in [0.15, 0.2) is 0 Å². The smallest absolute Gasteiger partial charge is 0.123 e. The van der Waals surface area contributed by atoms with Crippen LogP contribution in [0.15, 0.2) is 18.2 Å². The van der Waals surface area contributed by atoms with Gasteiger partial charge in [0.05, 0.1) is 0 Å². The van der Waals surface area contributed by atoms with Gasteiger partial charge in [-0.15, -0.1) is 0 Å². The molecular formula is C17H25NO. The second-order valence-electron chi connectivity index (χ2n) is 6.91. The van der Waals surface area contributed by atoms with E-state index >= 15 is 0 Å². The zero-order valence-electron chi connectivity index (χ0n) is 12.2. The normalized spacial score (nSPS) is 23.7. The first-order valence-electron chi connectivity index (χ1n) is 7.57. The third-order valence-corrected chi connectivity index (χ3v) is 4.88. The van der Waals surface area contributed by atoms with Gasteiger partial charge in [-0.25, -0.2) is 0 Å². The molecule has 3 rings (SSSR count). The molecule has 0 amide bonds. The van der Waals surface area contributed by atoms with Crippen LogP contribution in [-0.4, -0.2) is 12.1 Å². The van der Waals surface area contributed by atoms with Crippen molar-refractivity contribution in [3.8, 4) is 5.75 Å². The predicted molar refractivity (Wildman–Crippen MR) is 78.7 cm³/mol. The van der Waals surface area contributed by atoms with Gasteiger partial charge in [-0.05, 0) is 43.9 Å². The van der Waals surface area contributed by atoms with E-state index in [9.17, 15) is 0 Å². The predicted octanol–water partition coefficient (Wildman–Crippen LogP) is 3.56. The monoisotopic (exact) mass is 259 g/mol. The highest BCUT2D eigenvalue weighted by atomic mass is 16.5. The van der Waals surface area contributed by atoms with Gasteiger partial charge >= 0.3 is 0 Å². The van der Waals surface area contributed by atoms with Gasteiger partial charge in [0.25, 0.3) is 0 Å². The molecule has 1 aromatic carbocycles. The molecule has 1 aliphatic heterocycles. The van der Waals surface area contributed by atoms with Crippen LogP contribution in [0.25, 0.3) is 0 Å². The molecule has 0 atom stereocenters. The number of hydrogen-bond donors (Lipinski definition) is 1. The summed E-state index contributed by atoms with van der Waals surface area (Å²) in [5, 5.41) is 0. The van der Waals surface area contributed by atoms with E-state index in [0.29, 0.717) is 0 Å². The second-order valence-corrected chi connectivity index (χ2v) is 6.91. The maximum Gasteiger partial charge on any atom is 0.123 e. The van der Waals surface area contributed by atoms with E-state index in [4.69, 9.17) is 10.5 Å². The Morgan fingerprint density at radius 3 is 2.58 bits per heavy atom. The molecule has 0 saturated heterocycles. The summed E-state index contributed by atoms with van der Waals surface area (Å²) in [6.07, 6.45) is 7.49. The van der Waals surface area contributed by atoms with E-state index in [0.717, 1.165) is 18.7 Å². The van der Waals surface area contributed by atoms with Gasteiger partial charge in [-0.2, -0.15) is 0 Å².